The molecule has 6 rings (SSSR count). The molecule has 1 amide bonds. The van der Waals surface area contributed by atoms with Crippen LogP contribution in [0.15, 0.2) is 18.5 Å². The van der Waals surface area contributed by atoms with Gasteiger partial charge in [0.05, 0.1) is 16.9 Å². The summed E-state index contributed by atoms with van der Waals surface area (Å²) in [5.74, 6) is 1.51. The van der Waals surface area contributed by atoms with Crippen LogP contribution in [0, 0.1) is 17.8 Å². The van der Waals surface area contributed by atoms with Crippen molar-refractivity contribution >= 4 is 22.6 Å². The van der Waals surface area contributed by atoms with E-state index in [0.717, 1.165) is 36.0 Å². The van der Waals surface area contributed by atoms with Crippen molar-refractivity contribution in [2.45, 2.75) is 43.7 Å². The van der Waals surface area contributed by atoms with Crippen molar-refractivity contribution in [3.05, 3.63) is 24.0 Å². The van der Waals surface area contributed by atoms with E-state index in [1.54, 1.807) is 13.2 Å². The molecule has 4 saturated carbocycles. The monoisotopic (exact) mass is 340 g/mol. The van der Waals surface area contributed by atoms with Gasteiger partial charge in [-0.25, -0.2) is 4.98 Å². The number of carbonyl (C=O) groups excluding carboxylic acids is 1. The minimum Gasteiger partial charge on any atom is -0.390 e. The molecule has 6 nitrogen and oxygen atoms in total. The van der Waals surface area contributed by atoms with Gasteiger partial charge in [0, 0.05) is 30.9 Å². The number of amides is 1. The summed E-state index contributed by atoms with van der Waals surface area (Å²) in [7, 11) is 1.64. The maximum absolute atomic E-state index is 12.4. The number of aromatic nitrogens is 2. The van der Waals surface area contributed by atoms with E-state index in [-0.39, 0.29) is 5.91 Å². The van der Waals surface area contributed by atoms with Gasteiger partial charge in [-0.15, -0.1) is 0 Å². The molecule has 132 valence electrons. The maximum Gasteiger partial charge on any atom is 0.254 e. The van der Waals surface area contributed by atoms with Gasteiger partial charge in [-0.05, 0) is 55.9 Å². The van der Waals surface area contributed by atoms with E-state index in [1.165, 1.54) is 12.8 Å². The number of aliphatic hydroxyl groups is 1. The van der Waals surface area contributed by atoms with E-state index < -0.39 is 5.60 Å². The van der Waals surface area contributed by atoms with Gasteiger partial charge in [-0.1, -0.05) is 0 Å². The highest BCUT2D eigenvalue weighted by Gasteiger charge is 2.54. The molecule has 25 heavy (non-hydrogen) atoms. The van der Waals surface area contributed by atoms with E-state index in [9.17, 15) is 9.90 Å². The quantitative estimate of drug-likeness (QED) is 0.690. The van der Waals surface area contributed by atoms with Gasteiger partial charge < -0.3 is 20.7 Å². The van der Waals surface area contributed by atoms with Gasteiger partial charge in [0.1, 0.15) is 5.65 Å². The van der Waals surface area contributed by atoms with E-state index in [0.29, 0.717) is 29.4 Å². The Labute approximate surface area is 146 Å². The summed E-state index contributed by atoms with van der Waals surface area (Å²) >= 11 is 0. The number of H-pyrrole nitrogens is 1. The standard InChI is InChI=1S/C19H24N4O2/c1-20-18(24)14-9-22-17-13(2-3-21-17)16(14)23-15-11-4-10-5-12(15)8-19(25,6-10)7-11/h2-3,9-12,15,25H,4-8H2,1H3,(H,20,24)(H2,21,22,23)/t10?,11-,12+,15+,19-. The van der Waals surface area contributed by atoms with Crippen LogP contribution in [0.1, 0.15) is 42.5 Å². The van der Waals surface area contributed by atoms with Crippen molar-refractivity contribution in [3.63, 3.8) is 0 Å². The Balaban J connectivity index is 1.54. The highest BCUT2D eigenvalue weighted by Crippen LogP contribution is 2.56. The summed E-state index contributed by atoms with van der Waals surface area (Å²) in [6.45, 7) is 0. The summed E-state index contributed by atoms with van der Waals surface area (Å²) in [5, 5.41) is 18.2. The molecule has 4 N–H and O–H groups in total. The van der Waals surface area contributed by atoms with E-state index >= 15 is 0 Å². The Morgan fingerprint density at radius 1 is 1.32 bits per heavy atom. The second-order valence-corrected chi connectivity index (χ2v) is 8.23. The third kappa shape index (κ3) is 2.27. The Bertz CT molecular complexity index is 829. The second-order valence-electron chi connectivity index (χ2n) is 8.23. The molecular formula is C19H24N4O2. The van der Waals surface area contributed by atoms with E-state index in [2.05, 4.69) is 20.6 Å². The number of nitrogens with zero attached hydrogens (tertiary/aromatic N) is 1. The molecule has 4 fully saturated rings. The lowest BCUT2D eigenvalue weighted by Crippen LogP contribution is -2.59. The molecule has 0 aliphatic heterocycles. The zero-order chi connectivity index (χ0) is 17.2. The number of aromatic amines is 1. The molecule has 0 saturated heterocycles. The molecule has 4 bridgehead atoms. The van der Waals surface area contributed by atoms with Crippen molar-refractivity contribution < 1.29 is 9.90 Å². The van der Waals surface area contributed by atoms with Crippen LogP contribution in [0.3, 0.4) is 0 Å². The number of rotatable bonds is 3. The molecule has 1 unspecified atom stereocenters. The first kappa shape index (κ1) is 15.2. The lowest BCUT2D eigenvalue weighted by Gasteiger charge is -2.58. The van der Waals surface area contributed by atoms with Gasteiger partial charge in [0.15, 0.2) is 0 Å². The lowest BCUT2D eigenvalue weighted by atomic mass is 9.52. The van der Waals surface area contributed by atoms with Crippen LogP contribution in [0.5, 0.6) is 0 Å². The van der Waals surface area contributed by atoms with Crippen LogP contribution in [-0.4, -0.2) is 39.7 Å². The fourth-order valence-electron chi connectivity index (χ4n) is 5.85. The summed E-state index contributed by atoms with van der Waals surface area (Å²) in [6, 6.07) is 2.29. The minimum absolute atomic E-state index is 0.124. The number of pyridine rings is 1. The van der Waals surface area contributed by atoms with E-state index in [1.807, 2.05) is 12.3 Å². The molecular weight excluding hydrogens is 316 g/mol. The molecule has 0 radical (unpaired) electrons. The number of carbonyl (C=O) groups is 1. The molecule has 2 heterocycles. The molecule has 2 aromatic heterocycles. The number of hydrogen-bond acceptors (Lipinski definition) is 4. The van der Waals surface area contributed by atoms with Crippen molar-refractivity contribution in [1.29, 1.82) is 0 Å². The topological polar surface area (TPSA) is 90.0 Å². The van der Waals surface area contributed by atoms with Gasteiger partial charge in [0.25, 0.3) is 5.91 Å². The number of nitrogens with one attached hydrogen (secondary N) is 3. The first-order valence-corrected chi connectivity index (χ1v) is 9.23. The minimum atomic E-state index is -0.444. The third-order valence-electron chi connectivity index (χ3n) is 6.61. The van der Waals surface area contributed by atoms with Crippen LogP contribution in [-0.2, 0) is 0 Å². The lowest BCUT2D eigenvalue weighted by molar-refractivity contribution is -0.129. The zero-order valence-electron chi connectivity index (χ0n) is 14.4. The largest absolute Gasteiger partial charge is 0.390 e. The SMILES string of the molecule is CNC(=O)c1cnc2[nH]ccc2c1N[C@H]1[C@@H]2CC3C[C@H]1C[C@@](O)(C3)C2. The molecule has 6 heteroatoms. The average molecular weight is 340 g/mol. The number of fused-ring (bicyclic) bond motifs is 1. The Morgan fingerprint density at radius 2 is 2.08 bits per heavy atom. The first-order valence-electron chi connectivity index (χ1n) is 9.23. The Kier molecular flexibility index (Phi) is 3.17. The molecule has 0 spiro atoms. The van der Waals surface area contributed by atoms with Crippen LogP contribution in [0.2, 0.25) is 0 Å². The molecule has 2 aromatic rings. The van der Waals surface area contributed by atoms with Crippen molar-refractivity contribution in [3.8, 4) is 0 Å². The highest BCUT2D eigenvalue weighted by molar-refractivity contribution is 6.06. The van der Waals surface area contributed by atoms with Gasteiger partial charge in [-0.2, -0.15) is 0 Å². The maximum atomic E-state index is 12.4. The summed E-state index contributed by atoms with van der Waals surface area (Å²) in [4.78, 5) is 19.9. The number of anilines is 1. The fourth-order valence-corrected chi connectivity index (χ4v) is 5.85. The smallest absolute Gasteiger partial charge is 0.254 e. The first-order chi connectivity index (χ1) is 12.1. The Morgan fingerprint density at radius 3 is 2.76 bits per heavy atom. The molecule has 4 aliphatic carbocycles. The van der Waals surface area contributed by atoms with Gasteiger partial charge >= 0.3 is 0 Å². The van der Waals surface area contributed by atoms with Gasteiger partial charge in [-0.3, -0.25) is 4.79 Å². The summed E-state index contributed by atoms with van der Waals surface area (Å²) < 4.78 is 0. The highest BCUT2D eigenvalue weighted by atomic mass is 16.3. The van der Waals surface area contributed by atoms with Crippen molar-refractivity contribution in [2.24, 2.45) is 17.8 Å². The molecule has 0 aromatic carbocycles. The Hall–Kier alpha value is -2.08. The normalized spacial score (nSPS) is 35.9. The average Bonchev–Trinajstić information content (AvgIpc) is 3.04. The third-order valence-corrected chi connectivity index (χ3v) is 6.61. The summed E-state index contributed by atoms with van der Waals surface area (Å²) in [5.41, 5.74) is 1.80. The van der Waals surface area contributed by atoms with Crippen LogP contribution in [0.25, 0.3) is 11.0 Å². The van der Waals surface area contributed by atoms with Crippen molar-refractivity contribution in [2.75, 3.05) is 12.4 Å². The molecule has 4 aliphatic rings. The molecule has 5 atom stereocenters. The summed E-state index contributed by atoms with van der Waals surface area (Å²) in [6.07, 6.45) is 8.62. The van der Waals surface area contributed by atoms with Crippen LogP contribution >= 0.6 is 0 Å². The van der Waals surface area contributed by atoms with Crippen LogP contribution in [0.4, 0.5) is 5.69 Å². The van der Waals surface area contributed by atoms with Crippen molar-refractivity contribution in [1.82, 2.24) is 15.3 Å². The van der Waals surface area contributed by atoms with Crippen LogP contribution < -0.4 is 10.6 Å². The zero-order valence-corrected chi connectivity index (χ0v) is 14.4. The predicted molar refractivity (Wildman–Crippen MR) is 95.4 cm³/mol. The fraction of sp³-hybridized carbons (Fsp3) is 0.579. The number of hydrogen-bond donors (Lipinski definition) is 4. The second kappa shape index (κ2) is 5.21. The van der Waals surface area contributed by atoms with E-state index in [4.69, 9.17) is 0 Å². The van der Waals surface area contributed by atoms with Gasteiger partial charge in [0.2, 0.25) is 0 Å². The predicted octanol–water partition coefficient (Wildman–Crippen LogP) is 2.27.